The average molecular weight is 455 g/mol. The fourth-order valence-electron chi connectivity index (χ4n) is 3.46. The molecule has 3 aromatic rings. The number of nitrogens with one attached hydrogen (secondary N) is 1. The molecular weight excluding hydrogens is 433 g/mol. The third-order valence-electron chi connectivity index (χ3n) is 5.36. The lowest BCUT2D eigenvalue weighted by Gasteiger charge is -2.07. The van der Waals surface area contributed by atoms with Gasteiger partial charge >= 0.3 is 0 Å². The van der Waals surface area contributed by atoms with Crippen LogP contribution in [-0.2, 0) is 27.4 Å². The second-order valence-corrected chi connectivity index (χ2v) is 7.82. The summed E-state index contributed by atoms with van der Waals surface area (Å²) >= 11 is 0. The SMILES string of the molecule is O=C1C=C(c2ccc(COCCc3ccc(C=CC(=O)c4ccc(F)cc4)cc3)cc2)C(=O)N1. The number of allylic oxidation sites excluding steroid dienone is 1. The Morgan fingerprint density at radius 2 is 1.56 bits per heavy atom. The average Bonchev–Trinajstić information content (AvgIpc) is 3.19. The Balaban J connectivity index is 1.22. The molecule has 0 radical (unpaired) electrons. The number of hydrogen-bond donors (Lipinski definition) is 1. The Bertz CT molecular complexity index is 1260. The summed E-state index contributed by atoms with van der Waals surface area (Å²) in [6, 6.07) is 20.7. The van der Waals surface area contributed by atoms with Crippen molar-refractivity contribution >= 4 is 29.2 Å². The summed E-state index contributed by atoms with van der Waals surface area (Å²) in [4.78, 5) is 35.1. The van der Waals surface area contributed by atoms with Crippen LogP contribution in [0.4, 0.5) is 4.39 Å². The van der Waals surface area contributed by atoms with Gasteiger partial charge in [-0.1, -0.05) is 54.6 Å². The monoisotopic (exact) mass is 455 g/mol. The van der Waals surface area contributed by atoms with Crippen molar-refractivity contribution in [1.82, 2.24) is 5.32 Å². The van der Waals surface area contributed by atoms with Gasteiger partial charge in [-0.3, -0.25) is 19.7 Å². The van der Waals surface area contributed by atoms with Gasteiger partial charge in [0, 0.05) is 11.6 Å². The van der Waals surface area contributed by atoms with Crippen LogP contribution < -0.4 is 5.32 Å². The van der Waals surface area contributed by atoms with Crippen molar-refractivity contribution in [3.05, 3.63) is 119 Å². The molecule has 0 aliphatic carbocycles. The molecule has 1 N–H and O–H groups in total. The number of imide groups is 1. The first kappa shape index (κ1) is 23.0. The molecule has 6 heteroatoms. The number of ether oxygens (including phenoxy) is 1. The fraction of sp³-hybridized carbons (Fsp3) is 0.107. The Hall–Kier alpha value is -4.16. The number of hydrogen-bond acceptors (Lipinski definition) is 4. The van der Waals surface area contributed by atoms with Crippen LogP contribution in [0, 0.1) is 5.82 Å². The summed E-state index contributed by atoms with van der Waals surface area (Å²) in [5, 5.41) is 2.24. The fourth-order valence-corrected chi connectivity index (χ4v) is 3.46. The van der Waals surface area contributed by atoms with Crippen LogP contribution in [-0.4, -0.2) is 24.2 Å². The van der Waals surface area contributed by atoms with Gasteiger partial charge in [0.1, 0.15) is 5.82 Å². The first-order valence-corrected chi connectivity index (χ1v) is 10.8. The van der Waals surface area contributed by atoms with E-state index in [0.29, 0.717) is 29.9 Å². The molecule has 5 nitrogen and oxygen atoms in total. The number of ketones is 1. The molecule has 0 aromatic heterocycles. The van der Waals surface area contributed by atoms with Gasteiger partial charge in [-0.15, -0.1) is 0 Å². The van der Waals surface area contributed by atoms with Crippen LogP contribution in [0.1, 0.15) is 32.6 Å². The van der Waals surface area contributed by atoms with E-state index in [2.05, 4.69) is 5.32 Å². The highest BCUT2D eigenvalue weighted by Gasteiger charge is 2.21. The molecule has 3 aromatic carbocycles. The van der Waals surface area contributed by atoms with Crippen LogP contribution in [0.2, 0.25) is 0 Å². The van der Waals surface area contributed by atoms with Crippen LogP contribution in [0.25, 0.3) is 11.6 Å². The van der Waals surface area contributed by atoms with Gasteiger partial charge in [0.15, 0.2) is 5.78 Å². The van der Waals surface area contributed by atoms with E-state index in [-0.39, 0.29) is 17.5 Å². The first-order chi connectivity index (χ1) is 16.5. The Kier molecular flexibility index (Phi) is 7.20. The van der Waals surface area contributed by atoms with E-state index in [1.165, 1.54) is 36.4 Å². The maximum Gasteiger partial charge on any atom is 0.258 e. The van der Waals surface area contributed by atoms with Crippen LogP contribution in [0.5, 0.6) is 0 Å². The number of amides is 2. The molecule has 170 valence electrons. The molecule has 1 heterocycles. The highest BCUT2D eigenvalue weighted by molar-refractivity contribution is 6.33. The van der Waals surface area contributed by atoms with Gasteiger partial charge in [0.05, 0.1) is 18.8 Å². The van der Waals surface area contributed by atoms with Gasteiger partial charge in [0.25, 0.3) is 11.8 Å². The Labute approximate surface area is 196 Å². The van der Waals surface area contributed by atoms with E-state index in [4.69, 9.17) is 4.74 Å². The number of carbonyl (C=O) groups excluding carboxylic acids is 3. The number of halogens is 1. The normalized spacial score (nSPS) is 13.3. The lowest BCUT2D eigenvalue weighted by atomic mass is 10.0. The van der Waals surface area contributed by atoms with Crippen LogP contribution in [0.3, 0.4) is 0 Å². The topological polar surface area (TPSA) is 72.5 Å². The number of carbonyl (C=O) groups is 3. The molecule has 0 saturated carbocycles. The van der Waals surface area contributed by atoms with E-state index in [1.807, 2.05) is 36.4 Å². The zero-order valence-electron chi connectivity index (χ0n) is 18.3. The molecule has 0 spiro atoms. The van der Waals surface area contributed by atoms with E-state index in [9.17, 15) is 18.8 Å². The summed E-state index contributed by atoms with van der Waals surface area (Å²) in [6.07, 6.45) is 5.25. The zero-order valence-corrected chi connectivity index (χ0v) is 18.3. The lowest BCUT2D eigenvalue weighted by molar-refractivity contribution is -0.123. The summed E-state index contributed by atoms with van der Waals surface area (Å²) < 4.78 is 18.7. The molecule has 0 saturated heterocycles. The van der Waals surface area contributed by atoms with E-state index in [1.54, 1.807) is 18.2 Å². The third kappa shape index (κ3) is 5.99. The molecule has 0 unspecified atom stereocenters. The molecular formula is C28H22FNO4. The van der Waals surface area contributed by atoms with Crippen molar-refractivity contribution in [2.75, 3.05) is 6.61 Å². The largest absolute Gasteiger partial charge is 0.376 e. The van der Waals surface area contributed by atoms with E-state index in [0.717, 1.165) is 23.1 Å². The lowest BCUT2D eigenvalue weighted by Crippen LogP contribution is -2.21. The minimum atomic E-state index is -0.394. The van der Waals surface area contributed by atoms with Crippen molar-refractivity contribution in [1.29, 1.82) is 0 Å². The van der Waals surface area contributed by atoms with Gasteiger partial charge in [-0.25, -0.2) is 4.39 Å². The highest BCUT2D eigenvalue weighted by atomic mass is 19.1. The summed E-state index contributed by atoms with van der Waals surface area (Å²) in [6.45, 7) is 0.985. The van der Waals surface area contributed by atoms with Crippen LogP contribution >= 0.6 is 0 Å². The Morgan fingerprint density at radius 1 is 0.882 bits per heavy atom. The highest BCUT2D eigenvalue weighted by Crippen LogP contribution is 2.19. The maximum absolute atomic E-state index is 13.0. The molecule has 4 rings (SSSR count). The van der Waals surface area contributed by atoms with Crippen molar-refractivity contribution in [2.45, 2.75) is 13.0 Å². The molecule has 34 heavy (non-hydrogen) atoms. The van der Waals surface area contributed by atoms with Crippen molar-refractivity contribution < 1.29 is 23.5 Å². The van der Waals surface area contributed by atoms with Gasteiger partial charge in [0.2, 0.25) is 0 Å². The van der Waals surface area contributed by atoms with E-state index < -0.39 is 5.91 Å². The first-order valence-electron chi connectivity index (χ1n) is 10.8. The minimum Gasteiger partial charge on any atom is -0.376 e. The molecule has 0 fully saturated rings. The molecule has 0 bridgehead atoms. The van der Waals surface area contributed by atoms with Crippen LogP contribution in [0.15, 0.2) is 84.9 Å². The Morgan fingerprint density at radius 3 is 2.21 bits per heavy atom. The zero-order chi connectivity index (χ0) is 23.9. The van der Waals surface area contributed by atoms with Crippen molar-refractivity contribution in [3.63, 3.8) is 0 Å². The standard InChI is InChI=1S/C28H22FNO4/c29-24-12-10-23(11-13-24)26(31)14-7-19-1-3-20(4-2-19)15-16-34-18-21-5-8-22(9-6-21)25-17-27(32)30-28(25)33/h1-14,17H,15-16,18H2,(H,30,32,33). The second-order valence-electron chi connectivity index (χ2n) is 7.82. The predicted octanol–water partition coefficient (Wildman–Crippen LogP) is 4.52. The molecule has 1 aliphatic heterocycles. The summed E-state index contributed by atoms with van der Waals surface area (Å²) in [7, 11) is 0. The van der Waals surface area contributed by atoms with Crippen molar-refractivity contribution in [2.24, 2.45) is 0 Å². The second kappa shape index (κ2) is 10.6. The number of rotatable bonds is 9. The predicted molar refractivity (Wildman–Crippen MR) is 127 cm³/mol. The molecule has 0 atom stereocenters. The maximum atomic E-state index is 13.0. The van der Waals surface area contributed by atoms with E-state index >= 15 is 0 Å². The quantitative estimate of drug-likeness (QED) is 0.223. The van der Waals surface area contributed by atoms with Gasteiger partial charge in [-0.05, 0) is 59.0 Å². The molecule has 2 amide bonds. The van der Waals surface area contributed by atoms with Gasteiger partial charge in [-0.2, -0.15) is 0 Å². The van der Waals surface area contributed by atoms with Gasteiger partial charge < -0.3 is 4.74 Å². The minimum absolute atomic E-state index is 0.178. The summed E-state index contributed by atoms with van der Waals surface area (Å²) in [5.41, 5.74) is 4.49. The summed E-state index contributed by atoms with van der Waals surface area (Å²) in [5.74, 6) is -1.32. The smallest absolute Gasteiger partial charge is 0.258 e. The number of benzene rings is 3. The van der Waals surface area contributed by atoms with Crippen molar-refractivity contribution in [3.8, 4) is 0 Å². The third-order valence-corrected chi connectivity index (χ3v) is 5.36. The molecule has 1 aliphatic rings.